The number of nitrogens with two attached hydrogens (primary N) is 1. The summed E-state index contributed by atoms with van der Waals surface area (Å²) >= 11 is 0. The summed E-state index contributed by atoms with van der Waals surface area (Å²) in [4.78, 5) is 13.7. The highest BCUT2D eigenvalue weighted by Gasteiger charge is 2.17. The number of aromatic nitrogens is 1. The second kappa shape index (κ2) is 3.24. The van der Waals surface area contributed by atoms with E-state index < -0.39 is 0 Å². The van der Waals surface area contributed by atoms with Gasteiger partial charge < -0.3 is 10.7 Å². The molecule has 0 aliphatic heterocycles. The van der Waals surface area contributed by atoms with Crippen LogP contribution in [0.15, 0.2) is 16.9 Å². The molecule has 1 aromatic heterocycles. The number of hydrogen-bond donors (Lipinski definition) is 2. The van der Waals surface area contributed by atoms with E-state index in [1.165, 1.54) is 25.7 Å². The number of anilines is 1. The molecule has 0 unspecified atom stereocenters. The summed E-state index contributed by atoms with van der Waals surface area (Å²) in [5.74, 6) is 1.04. The molecule has 13 heavy (non-hydrogen) atoms. The van der Waals surface area contributed by atoms with E-state index in [1.54, 1.807) is 6.07 Å². The average Bonchev–Trinajstić information content (AvgIpc) is 2.53. The van der Waals surface area contributed by atoms with Crippen LogP contribution in [-0.4, -0.2) is 4.98 Å². The lowest BCUT2D eigenvalue weighted by Gasteiger charge is -2.08. The molecule has 1 aliphatic rings. The van der Waals surface area contributed by atoms with Crippen molar-refractivity contribution < 1.29 is 0 Å². The zero-order chi connectivity index (χ0) is 9.26. The van der Waals surface area contributed by atoms with E-state index >= 15 is 0 Å². The van der Waals surface area contributed by atoms with Crippen molar-refractivity contribution >= 4 is 5.82 Å². The van der Waals surface area contributed by atoms with Gasteiger partial charge in [-0.05, 0) is 30.4 Å². The van der Waals surface area contributed by atoms with Gasteiger partial charge in [-0.3, -0.25) is 4.79 Å². The number of rotatable bonds is 1. The Morgan fingerprint density at radius 1 is 1.31 bits per heavy atom. The molecule has 0 spiro atoms. The number of nitrogens with one attached hydrogen (secondary N) is 1. The van der Waals surface area contributed by atoms with Gasteiger partial charge in [0.05, 0.1) is 0 Å². The van der Waals surface area contributed by atoms with Gasteiger partial charge in [-0.2, -0.15) is 0 Å². The van der Waals surface area contributed by atoms with E-state index in [0.29, 0.717) is 11.7 Å². The highest BCUT2D eigenvalue weighted by atomic mass is 16.1. The second-order valence-corrected chi connectivity index (χ2v) is 3.71. The van der Waals surface area contributed by atoms with Crippen molar-refractivity contribution in [2.24, 2.45) is 0 Å². The van der Waals surface area contributed by atoms with Crippen molar-refractivity contribution in [2.45, 2.75) is 31.6 Å². The maximum Gasteiger partial charge on any atom is 0.249 e. The molecule has 1 aliphatic carbocycles. The van der Waals surface area contributed by atoms with Crippen LogP contribution in [0.2, 0.25) is 0 Å². The van der Waals surface area contributed by atoms with Gasteiger partial charge in [0, 0.05) is 6.07 Å². The molecular formula is C10H14N2O. The summed E-state index contributed by atoms with van der Waals surface area (Å²) in [5, 5.41) is 0. The van der Waals surface area contributed by atoms with Crippen LogP contribution < -0.4 is 11.3 Å². The fraction of sp³-hybridized carbons (Fsp3) is 0.500. The van der Waals surface area contributed by atoms with Crippen LogP contribution in [0.25, 0.3) is 0 Å². The molecule has 70 valence electrons. The van der Waals surface area contributed by atoms with Gasteiger partial charge in [-0.15, -0.1) is 0 Å². The van der Waals surface area contributed by atoms with Crippen molar-refractivity contribution in [1.82, 2.24) is 4.98 Å². The lowest BCUT2D eigenvalue weighted by Crippen LogP contribution is -2.10. The van der Waals surface area contributed by atoms with Crippen LogP contribution >= 0.6 is 0 Å². The summed E-state index contributed by atoms with van der Waals surface area (Å²) in [6.45, 7) is 0. The van der Waals surface area contributed by atoms with Crippen molar-refractivity contribution in [2.75, 3.05) is 5.73 Å². The zero-order valence-corrected chi connectivity index (χ0v) is 7.55. The van der Waals surface area contributed by atoms with Crippen LogP contribution in [0.3, 0.4) is 0 Å². The van der Waals surface area contributed by atoms with Crippen LogP contribution in [0.5, 0.6) is 0 Å². The normalized spacial score (nSPS) is 17.8. The van der Waals surface area contributed by atoms with Gasteiger partial charge in [0.15, 0.2) is 0 Å². The molecule has 0 aromatic carbocycles. The summed E-state index contributed by atoms with van der Waals surface area (Å²) < 4.78 is 0. The first kappa shape index (κ1) is 8.35. The molecule has 3 N–H and O–H groups in total. The molecule has 3 heteroatoms. The Morgan fingerprint density at radius 2 is 2.00 bits per heavy atom. The molecule has 1 saturated carbocycles. The molecule has 0 amide bonds. The van der Waals surface area contributed by atoms with E-state index in [4.69, 9.17) is 5.73 Å². The quantitative estimate of drug-likeness (QED) is 0.686. The second-order valence-electron chi connectivity index (χ2n) is 3.71. The SMILES string of the molecule is Nc1cc(C2CCCC2)cc(=O)[nH]1. The fourth-order valence-electron chi connectivity index (χ4n) is 2.08. The van der Waals surface area contributed by atoms with Gasteiger partial charge in [0.25, 0.3) is 0 Å². The van der Waals surface area contributed by atoms with Crippen LogP contribution in [0.1, 0.15) is 37.2 Å². The molecule has 0 radical (unpaired) electrons. The molecular weight excluding hydrogens is 164 g/mol. The molecule has 0 saturated heterocycles. The number of H-pyrrole nitrogens is 1. The van der Waals surface area contributed by atoms with Crippen molar-refractivity contribution in [1.29, 1.82) is 0 Å². The Balaban J connectivity index is 2.33. The number of aromatic amines is 1. The first-order valence-corrected chi connectivity index (χ1v) is 4.75. The minimum atomic E-state index is -0.0816. The Labute approximate surface area is 77.0 Å². The maximum atomic E-state index is 11.1. The smallest absolute Gasteiger partial charge is 0.249 e. The van der Waals surface area contributed by atoms with Gasteiger partial charge >= 0.3 is 0 Å². The summed E-state index contributed by atoms with van der Waals surface area (Å²) in [5.41, 5.74) is 6.60. The zero-order valence-electron chi connectivity index (χ0n) is 7.55. The highest BCUT2D eigenvalue weighted by Crippen LogP contribution is 2.33. The molecule has 1 heterocycles. The van der Waals surface area contributed by atoms with E-state index in [-0.39, 0.29) is 5.56 Å². The van der Waals surface area contributed by atoms with Gasteiger partial charge in [0.2, 0.25) is 5.56 Å². The van der Waals surface area contributed by atoms with E-state index in [9.17, 15) is 4.79 Å². The highest BCUT2D eigenvalue weighted by molar-refractivity contribution is 5.34. The minimum Gasteiger partial charge on any atom is -0.385 e. The Morgan fingerprint density at radius 3 is 2.62 bits per heavy atom. The van der Waals surface area contributed by atoms with E-state index in [1.807, 2.05) is 6.07 Å². The van der Waals surface area contributed by atoms with Gasteiger partial charge in [0.1, 0.15) is 5.82 Å². The minimum absolute atomic E-state index is 0.0816. The molecule has 2 rings (SSSR count). The van der Waals surface area contributed by atoms with E-state index in [2.05, 4.69) is 4.98 Å². The fourth-order valence-corrected chi connectivity index (χ4v) is 2.08. The summed E-state index contributed by atoms with van der Waals surface area (Å²) in [6.07, 6.45) is 4.94. The predicted molar refractivity (Wildman–Crippen MR) is 52.7 cm³/mol. The first-order valence-electron chi connectivity index (χ1n) is 4.75. The first-order chi connectivity index (χ1) is 6.25. The van der Waals surface area contributed by atoms with Crippen LogP contribution in [-0.2, 0) is 0 Å². The van der Waals surface area contributed by atoms with Crippen molar-refractivity contribution in [3.05, 3.63) is 28.0 Å². The Kier molecular flexibility index (Phi) is 2.08. The summed E-state index contributed by atoms with van der Waals surface area (Å²) in [7, 11) is 0. The number of hydrogen-bond acceptors (Lipinski definition) is 2. The largest absolute Gasteiger partial charge is 0.385 e. The van der Waals surface area contributed by atoms with Gasteiger partial charge in [-0.25, -0.2) is 0 Å². The molecule has 0 bridgehead atoms. The predicted octanol–water partition coefficient (Wildman–Crippen LogP) is 1.61. The third-order valence-electron chi connectivity index (χ3n) is 2.71. The Bertz CT molecular complexity index is 350. The van der Waals surface area contributed by atoms with Crippen LogP contribution in [0, 0.1) is 0 Å². The van der Waals surface area contributed by atoms with Crippen molar-refractivity contribution in [3.63, 3.8) is 0 Å². The van der Waals surface area contributed by atoms with Gasteiger partial charge in [-0.1, -0.05) is 12.8 Å². The average molecular weight is 178 g/mol. The third kappa shape index (κ3) is 1.74. The monoisotopic (exact) mass is 178 g/mol. The third-order valence-corrected chi connectivity index (χ3v) is 2.71. The molecule has 1 fully saturated rings. The number of pyridine rings is 1. The van der Waals surface area contributed by atoms with E-state index in [0.717, 1.165) is 5.56 Å². The van der Waals surface area contributed by atoms with Crippen molar-refractivity contribution in [3.8, 4) is 0 Å². The van der Waals surface area contributed by atoms with Crippen LogP contribution in [0.4, 0.5) is 5.82 Å². The lowest BCUT2D eigenvalue weighted by molar-refractivity contribution is 0.721. The standard InChI is InChI=1S/C10H14N2O/c11-9-5-8(6-10(13)12-9)7-3-1-2-4-7/h5-7H,1-4H2,(H3,11,12,13). The Hall–Kier alpha value is -1.25. The maximum absolute atomic E-state index is 11.1. The molecule has 3 nitrogen and oxygen atoms in total. The number of nitrogen functional groups attached to an aromatic ring is 1. The summed E-state index contributed by atoms with van der Waals surface area (Å²) in [6, 6.07) is 3.56. The topological polar surface area (TPSA) is 58.9 Å². The lowest BCUT2D eigenvalue weighted by atomic mass is 9.99. The molecule has 1 aromatic rings. The molecule has 0 atom stereocenters.